The van der Waals surface area contributed by atoms with Gasteiger partial charge in [-0.2, -0.15) is 0 Å². The summed E-state index contributed by atoms with van der Waals surface area (Å²) >= 11 is 5.40. The van der Waals surface area contributed by atoms with Crippen molar-refractivity contribution < 1.29 is 13.2 Å². The Morgan fingerprint density at radius 3 is 2.42 bits per heavy atom. The van der Waals surface area contributed by atoms with Crippen LogP contribution in [0.3, 0.4) is 0 Å². The highest BCUT2D eigenvalue weighted by atomic mass is 32.2. The molecule has 0 fully saturated rings. The monoisotopic (exact) mass is 363 g/mol. The highest BCUT2D eigenvalue weighted by Crippen LogP contribution is 2.19. The van der Waals surface area contributed by atoms with Crippen LogP contribution in [0.25, 0.3) is 0 Å². The second kappa shape index (κ2) is 7.77. The van der Waals surface area contributed by atoms with E-state index in [-0.39, 0.29) is 5.75 Å². The zero-order valence-corrected chi connectivity index (χ0v) is 15.6. The lowest BCUT2D eigenvalue weighted by Crippen LogP contribution is -2.12. The molecule has 0 amide bonds. The molecule has 0 radical (unpaired) electrons. The van der Waals surface area contributed by atoms with Crippen LogP contribution >= 0.6 is 12.2 Å². The second-order valence-electron chi connectivity index (χ2n) is 5.78. The van der Waals surface area contributed by atoms with Crippen LogP contribution in [0.15, 0.2) is 42.5 Å². The minimum absolute atomic E-state index is 0.0274. The second-order valence-corrected chi connectivity index (χ2v) is 8.42. The molecular formula is C18H21NO3S2. The number of rotatable bonds is 6. The number of thiocarbonyl (C=S) groups is 1. The number of sulfone groups is 1. The molecular weight excluding hydrogens is 342 g/mol. The van der Waals surface area contributed by atoms with E-state index in [9.17, 15) is 8.42 Å². The predicted molar refractivity (Wildman–Crippen MR) is 103 cm³/mol. The summed E-state index contributed by atoms with van der Waals surface area (Å²) in [6.45, 7) is 1.90. The van der Waals surface area contributed by atoms with E-state index in [4.69, 9.17) is 17.0 Å². The molecule has 0 atom stereocenters. The van der Waals surface area contributed by atoms with Crippen molar-refractivity contribution in [2.24, 2.45) is 0 Å². The highest BCUT2D eigenvalue weighted by Gasteiger charge is 2.09. The van der Waals surface area contributed by atoms with Gasteiger partial charge in [0.05, 0.1) is 17.9 Å². The van der Waals surface area contributed by atoms with E-state index in [0.717, 1.165) is 28.1 Å². The molecule has 2 rings (SSSR count). The maximum absolute atomic E-state index is 11.5. The summed E-state index contributed by atoms with van der Waals surface area (Å²) in [6.07, 6.45) is 1.84. The van der Waals surface area contributed by atoms with Crippen molar-refractivity contribution in [2.75, 3.05) is 18.7 Å². The molecule has 0 unspecified atom stereocenters. The first-order valence-corrected chi connectivity index (χ1v) is 9.94. The van der Waals surface area contributed by atoms with Gasteiger partial charge in [-0.05, 0) is 47.9 Å². The van der Waals surface area contributed by atoms with Crippen LogP contribution in [-0.2, 0) is 22.0 Å². The maximum Gasteiger partial charge on any atom is 0.151 e. The quantitative estimate of drug-likeness (QED) is 0.796. The van der Waals surface area contributed by atoms with Crippen molar-refractivity contribution >= 4 is 32.7 Å². The molecule has 2 aromatic carbocycles. The fraction of sp³-hybridized carbons (Fsp3) is 0.278. The molecule has 0 aromatic heterocycles. The average Bonchev–Trinajstić information content (AvgIpc) is 2.50. The third-order valence-electron chi connectivity index (χ3n) is 3.57. The predicted octanol–water partition coefficient (Wildman–Crippen LogP) is 3.53. The largest absolute Gasteiger partial charge is 0.497 e. The van der Waals surface area contributed by atoms with Crippen LogP contribution in [0, 0.1) is 6.92 Å². The van der Waals surface area contributed by atoms with Crippen LogP contribution in [-0.4, -0.2) is 26.8 Å². The van der Waals surface area contributed by atoms with Crippen LogP contribution in [0.1, 0.15) is 16.7 Å². The Balaban J connectivity index is 2.06. The van der Waals surface area contributed by atoms with Gasteiger partial charge >= 0.3 is 0 Å². The minimum Gasteiger partial charge on any atom is -0.497 e. The smallest absolute Gasteiger partial charge is 0.151 e. The van der Waals surface area contributed by atoms with Gasteiger partial charge in [0, 0.05) is 18.4 Å². The summed E-state index contributed by atoms with van der Waals surface area (Å²) in [4.78, 5) is 0.675. The molecule has 24 heavy (non-hydrogen) atoms. The highest BCUT2D eigenvalue weighted by molar-refractivity contribution is 7.89. The zero-order chi connectivity index (χ0) is 17.7. The van der Waals surface area contributed by atoms with Gasteiger partial charge in [-0.3, -0.25) is 0 Å². The first kappa shape index (κ1) is 18.4. The zero-order valence-electron chi connectivity index (χ0n) is 14.0. The summed E-state index contributed by atoms with van der Waals surface area (Å²) in [6, 6.07) is 13.4. The van der Waals surface area contributed by atoms with Gasteiger partial charge in [0.2, 0.25) is 0 Å². The topological polar surface area (TPSA) is 55.4 Å². The van der Waals surface area contributed by atoms with E-state index >= 15 is 0 Å². The first-order valence-electron chi connectivity index (χ1n) is 7.47. The van der Waals surface area contributed by atoms with Gasteiger partial charge < -0.3 is 10.1 Å². The van der Waals surface area contributed by atoms with Crippen molar-refractivity contribution in [1.29, 1.82) is 0 Å². The molecule has 0 spiro atoms. The van der Waals surface area contributed by atoms with Crippen molar-refractivity contribution in [3.63, 3.8) is 0 Å². The van der Waals surface area contributed by atoms with Crippen LogP contribution in [0.5, 0.6) is 5.75 Å². The van der Waals surface area contributed by atoms with E-state index in [0.29, 0.717) is 11.4 Å². The van der Waals surface area contributed by atoms with Crippen molar-refractivity contribution in [1.82, 2.24) is 0 Å². The molecule has 0 heterocycles. The van der Waals surface area contributed by atoms with Crippen LogP contribution < -0.4 is 10.1 Å². The van der Waals surface area contributed by atoms with E-state index < -0.39 is 9.84 Å². The lowest BCUT2D eigenvalue weighted by atomic mass is 10.1. The van der Waals surface area contributed by atoms with E-state index in [2.05, 4.69) is 5.32 Å². The lowest BCUT2D eigenvalue weighted by molar-refractivity contribution is 0.414. The third-order valence-corrected chi connectivity index (χ3v) is 4.66. The standard InChI is InChI=1S/C18H21NO3S2/c1-13-4-7-16(11-15(13)12-24(3,20)21)19-18(23)10-14-5-8-17(22-2)9-6-14/h4-9,11H,10,12H2,1-3H3,(H,19,23). The average molecular weight is 364 g/mol. The Labute approximate surface area is 148 Å². The summed E-state index contributed by atoms with van der Waals surface area (Å²) in [5.74, 6) is 0.834. The van der Waals surface area contributed by atoms with E-state index in [1.54, 1.807) is 7.11 Å². The molecule has 2 aromatic rings. The normalized spacial score (nSPS) is 11.1. The molecule has 128 valence electrons. The van der Waals surface area contributed by atoms with Gasteiger partial charge in [-0.15, -0.1) is 0 Å². The molecule has 0 bridgehead atoms. The maximum atomic E-state index is 11.5. The molecule has 0 saturated carbocycles. The van der Waals surface area contributed by atoms with Gasteiger partial charge in [0.1, 0.15) is 5.75 Å². The summed E-state index contributed by atoms with van der Waals surface area (Å²) in [5, 5.41) is 3.18. The number of nitrogens with one attached hydrogen (secondary N) is 1. The molecule has 1 N–H and O–H groups in total. The number of hydrogen-bond donors (Lipinski definition) is 1. The SMILES string of the molecule is COc1ccc(CC(=S)Nc2ccc(C)c(CS(C)(=O)=O)c2)cc1. The fourth-order valence-corrected chi connectivity index (χ4v) is 3.48. The van der Waals surface area contributed by atoms with Crippen molar-refractivity contribution in [3.05, 3.63) is 59.2 Å². The number of anilines is 1. The van der Waals surface area contributed by atoms with Crippen molar-refractivity contribution in [3.8, 4) is 5.75 Å². The Hall–Kier alpha value is -1.92. The van der Waals surface area contributed by atoms with E-state index in [1.807, 2.05) is 49.4 Å². The number of ether oxygens (including phenoxy) is 1. The minimum atomic E-state index is -3.07. The Bertz CT molecular complexity index is 828. The summed E-state index contributed by atoms with van der Waals surface area (Å²) in [5.41, 5.74) is 3.62. The lowest BCUT2D eigenvalue weighted by Gasteiger charge is -2.12. The van der Waals surface area contributed by atoms with Gasteiger partial charge in [0.25, 0.3) is 0 Å². The molecule has 6 heteroatoms. The Kier molecular flexibility index (Phi) is 5.96. The molecule has 0 aliphatic rings. The van der Waals surface area contributed by atoms with E-state index in [1.165, 1.54) is 6.26 Å². The van der Waals surface area contributed by atoms with Crippen LogP contribution in [0.2, 0.25) is 0 Å². The Morgan fingerprint density at radius 2 is 1.83 bits per heavy atom. The number of aryl methyl sites for hydroxylation is 1. The first-order chi connectivity index (χ1) is 11.3. The number of benzene rings is 2. The summed E-state index contributed by atoms with van der Waals surface area (Å²) in [7, 11) is -1.44. The van der Waals surface area contributed by atoms with Gasteiger partial charge in [-0.25, -0.2) is 8.42 Å². The van der Waals surface area contributed by atoms with Gasteiger partial charge in [-0.1, -0.05) is 30.4 Å². The fourth-order valence-electron chi connectivity index (χ4n) is 2.32. The van der Waals surface area contributed by atoms with Crippen LogP contribution in [0.4, 0.5) is 5.69 Å². The Morgan fingerprint density at radius 1 is 1.17 bits per heavy atom. The molecule has 0 saturated heterocycles. The molecule has 4 nitrogen and oxygen atoms in total. The number of hydrogen-bond acceptors (Lipinski definition) is 4. The van der Waals surface area contributed by atoms with Crippen molar-refractivity contribution in [2.45, 2.75) is 19.1 Å². The number of methoxy groups -OCH3 is 1. The molecule has 0 aliphatic heterocycles. The molecule has 0 aliphatic carbocycles. The third kappa shape index (κ3) is 5.62. The summed E-state index contributed by atoms with van der Waals surface area (Å²) < 4.78 is 28.2. The van der Waals surface area contributed by atoms with Gasteiger partial charge in [0.15, 0.2) is 9.84 Å².